The molecule has 6 heteroatoms. The second kappa shape index (κ2) is 5.06. The minimum atomic E-state index is -3.30. The Kier molecular flexibility index (Phi) is 3.87. The Morgan fingerprint density at radius 1 is 1.53 bits per heavy atom. The van der Waals surface area contributed by atoms with Crippen LogP contribution in [-0.2, 0) is 16.6 Å². The number of thiophene rings is 1. The molecule has 1 aromatic heterocycles. The van der Waals surface area contributed by atoms with Gasteiger partial charge in [-0.25, -0.2) is 8.42 Å². The quantitative estimate of drug-likeness (QED) is 0.913. The minimum absolute atomic E-state index is 0.108. The molecule has 0 bridgehead atoms. The first-order valence-corrected chi connectivity index (χ1v) is 8.17. The molecule has 4 nitrogen and oxygen atoms in total. The molecule has 2 N–H and O–H groups in total. The zero-order chi connectivity index (χ0) is 12.5. The summed E-state index contributed by atoms with van der Waals surface area (Å²) in [5.41, 5.74) is 6.40. The van der Waals surface area contributed by atoms with Crippen LogP contribution in [0.5, 0.6) is 0 Å². The number of nitrogens with zero attached hydrogens (tertiary/aromatic N) is 1. The van der Waals surface area contributed by atoms with Gasteiger partial charge in [0.25, 0.3) is 10.0 Å². The Morgan fingerprint density at radius 3 is 2.88 bits per heavy atom. The number of nitrogens with two attached hydrogens (primary N) is 1. The lowest BCUT2D eigenvalue weighted by Crippen LogP contribution is -2.41. The van der Waals surface area contributed by atoms with Gasteiger partial charge in [-0.1, -0.05) is 6.42 Å². The van der Waals surface area contributed by atoms with Crippen LogP contribution in [0.3, 0.4) is 0 Å². The molecule has 1 fully saturated rings. The highest BCUT2D eigenvalue weighted by atomic mass is 32.2. The lowest BCUT2D eigenvalue weighted by Gasteiger charge is -2.31. The first-order valence-electron chi connectivity index (χ1n) is 5.85. The summed E-state index contributed by atoms with van der Waals surface area (Å²) in [6.07, 6.45) is 3.03. The highest BCUT2D eigenvalue weighted by molar-refractivity contribution is 7.91. The minimum Gasteiger partial charge on any atom is -0.326 e. The fourth-order valence-corrected chi connectivity index (χ4v) is 5.19. The number of piperidine rings is 1. The van der Waals surface area contributed by atoms with Crippen LogP contribution in [0.4, 0.5) is 0 Å². The fourth-order valence-electron chi connectivity index (χ4n) is 2.14. The highest BCUT2D eigenvalue weighted by Crippen LogP contribution is 2.28. The van der Waals surface area contributed by atoms with E-state index in [1.54, 1.807) is 10.4 Å². The molecule has 1 atom stereocenters. The van der Waals surface area contributed by atoms with Crippen molar-refractivity contribution in [1.29, 1.82) is 0 Å². The molecule has 0 amide bonds. The summed E-state index contributed by atoms with van der Waals surface area (Å²) in [4.78, 5) is 0. The maximum absolute atomic E-state index is 12.4. The third-order valence-electron chi connectivity index (χ3n) is 3.17. The van der Waals surface area contributed by atoms with Crippen LogP contribution in [0.15, 0.2) is 15.7 Å². The largest absolute Gasteiger partial charge is 0.326 e. The molecule has 0 aliphatic carbocycles. The highest BCUT2D eigenvalue weighted by Gasteiger charge is 2.31. The van der Waals surface area contributed by atoms with Crippen LogP contribution in [0.2, 0.25) is 0 Å². The van der Waals surface area contributed by atoms with Gasteiger partial charge in [0.15, 0.2) is 0 Å². The Balaban J connectivity index is 2.28. The van der Waals surface area contributed by atoms with Gasteiger partial charge in [-0.3, -0.25) is 0 Å². The second-order valence-electron chi connectivity index (χ2n) is 4.44. The number of hydrogen-bond acceptors (Lipinski definition) is 4. The van der Waals surface area contributed by atoms with E-state index < -0.39 is 10.0 Å². The zero-order valence-electron chi connectivity index (χ0n) is 9.93. The zero-order valence-corrected chi connectivity index (χ0v) is 11.6. The first-order chi connectivity index (χ1) is 8.05. The Hall–Kier alpha value is -0.430. The van der Waals surface area contributed by atoms with Gasteiger partial charge in [0.05, 0.1) is 0 Å². The van der Waals surface area contributed by atoms with Gasteiger partial charge in [-0.15, -0.1) is 11.3 Å². The van der Waals surface area contributed by atoms with Crippen LogP contribution in [0.1, 0.15) is 31.7 Å². The average molecular weight is 274 g/mol. The van der Waals surface area contributed by atoms with E-state index in [0.717, 1.165) is 24.8 Å². The molecule has 0 spiro atoms. The number of hydrogen-bond donors (Lipinski definition) is 1. The van der Waals surface area contributed by atoms with Gasteiger partial charge in [0.2, 0.25) is 0 Å². The second-order valence-corrected chi connectivity index (χ2v) is 7.47. The molecule has 17 heavy (non-hydrogen) atoms. The third kappa shape index (κ3) is 2.54. The molecule has 2 heterocycles. The molecule has 96 valence electrons. The molecule has 1 unspecified atom stereocenters. The summed E-state index contributed by atoms with van der Waals surface area (Å²) in [7, 11) is -3.30. The van der Waals surface area contributed by atoms with Crippen LogP contribution in [-0.4, -0.2) is 25.3 Å². The van der Waals surface area contributed by atoms with E-state index in [-0.39, 0.29) is 6.04 Å². The van der Waals surface area contributed by atoms with Gasteiger partial charge in [-0.2, -0.15) is 4.31 Å². The summed E-state index contributed by atoms with van der Waals surface area (Å²) in [6.45, 7) is 3.01. The molecule has 2 rings (SSSR count). The lowest BCUT2D eigenvalue weighted by atomic mass is 10.1. The van der Waals surface area contributed by atoms with Crippen molar-refractivity contribution in [3.05, 3.63) is 17.0 Å². The molecule has 0 aromatic carbocycles. The molecule has 1 aliphatic rings. The molecule has 0 radical (unpaired) electrons. The SMILES string of the molecule is CC1CCCCN1S(=O)(=O)c1cc(CN)cs1. The van der Waals surface area contributed by atoms with Crippen molar-refractivity contribution in [2.75, 3.05) is 6.54 Å². The summed E-state index contributed by atoms with van der Waals surface area (Å²) in [6, 6.07) is 1.80. The molecule has 0 saturated carbocycles. The number of sulfonamides is 1. The van der Waals surface area contributed by atoms with Gasteiger partial charge >= 0.3 is 0 Å². The van der Waals surface area contributed by atoms with Crippen LogP contribution in [0, 0.1) is 0 Å². The lowest BCUT2D eigenvalue weighted by molar-refractivity contribution is 0.269. The molecule has 1 aliphatic heterocycles. The van der Waals surface area contributed by atoms with E-state index in [1.165, 1.54) is 11.3 Å². The van der Waals surface area contributed by atoms with E-state index in [4.69, 9.17) is 5.73 Å². The maximum Gasteiger partial charge on any atom is 0.252 e. The number of rotatable bonds is 3. The summed E-state index contributed by atoms with van der Waals surface area (Å²) in [5.74, 6) is 0. The van der Waals surface area contributed by atoms with Crippen LogP contribution in [0.25, 0.3) is 0 Å². The van der Waals surface area contributed by atoms with Crippen molar-refractivity contribution in [2.45, 2.75) is 43.0 Å². The maximum atomic E-state index is 12.4. The molecular formula is C11H18N2O2S2. The van der Waals surface area contributed by atoms with Gasteiger partial charge in [-0.05, 0) is 36.8 Å². The predicted molar refractivity (Wildman–Crippen MR) is 69.4 cm³/mol. The fraction of sp³-hybridized carbons (Fsp3) is 0.636. The van der Waals surface area contributed by atoms with E-state index in [9.17, 15) is 8.42 Å². The summed E-state index contributed by atoms with van der Waals surface area (Å²) < 4.78 is 26.9. The smallest absolute Gasteiger partial charge is 0.252 e. The van der Waals surface area contributed by atoms with Gasteiger partial charge in [0, 0.05) is 19.1 Å². The van der Waals surface area contributed by atoms with Crippen LogP contribution >= 0.6 is 11.3 Å². The van der Waals surface area contributed by atoms with Crippen LogP contribution < -0.4 is 5.73 Å². The monoisotopic (exact) mass is 274 g/mol. The van der Waals surface area contributed by atoms with E-state index in [2.05, 4.69) is 0 Å². The van der Waals surface area contributed by atoms with E-state index in [1.807, 2.05) is 12.3 Å². The normalized spacial score (nSPS) is 22.8. The topological polar surface area (TPSA) is 63.4 Å². The van der Waals surface area contributed by atoms with Gasteiger partial charge in [0.1, 0.15) is 4.21 Å². The van der Waals surface area contributed by atoms with Crippen molar-refractivity contribution in [3.63, 3.8) is 0 Å². The van der Waals surface area contributed by atoms with Gasteiger partial charge < -0.3 is 5.73 Å². The molecule has 1 saturated heterocycles. The van der Waals surface area contributed by atoms with Crippen molar-refractivity contribution in [3.8, 4) is 0 Å². The van der Waals surface area contributed by atoms with Crippen molar-refractivity contribution in [1.82, 2.24) is 4.31 Å². The molecular weight excluding hydrogens is 256 g/mol. The average Bonchev–Trinajstić information content (AvgIpc) is 2.78. The predicted octanol–water partition coefficient (Wildman–Crippen LogP) is 1.77. The standard InChI is InChI=1S/C11H18N2O2S2/c1-9-4-2-3-5-13(9)17(14,15)11-6-10(7-12)8-16-11/h6,8-9H,2-5,7,12H2,1H3. The van der Waals surface area contributed by atoms with E-state index >= 15 is 0 Å². The van der Waals surface area contributed by atoms with Crippen molar-refractivity contribution >= 4 is 21.4 Å². The Labute approximate surface area is 106 Å². The van der Waals surface area contributed by atoms with Crippen molar-refractivity contribution in [2.24, 2.45) is 5.73 Å². The third-order valence-corrected chi connectivity index (χ3v) is 6.65. The molecule has 1 aromatic rings. The Bertz CT molecular complexity index is 481. The van der Waals surface area contributed by atoms with Crippen molar-refractivity contribution < 1.29 is 8.42 Å². The van der Waals surface area contributed by atoms with E-state index in [0.29, 0.717) is 17.3 Å². The Morgan fingerprint density at radius 2 is 2.29 bits per heavy atom. The summed E-state index contributed by atoms with van der Waals surface area (Å²) in [5, 5.41) is 1.82. The first kappa shape index (κ1) is 13.0. The summed E-state index contributed by atoms with van der Waals surface area (Å²) >= 11 is 1.27.